The van der Waals surface area contributed by atoms with E-state index in [0.29, 0.717) is 17.8 Å². The molecule has 3 rings (SSSR count). The van der Waals surface area contributed by atoms with E-state index in [9.17, 15) is 9.59 Å². The Balaban J connectivity index is 1.88. The molecule has 0 heterocycles. The molecule has 3 saturated carbocycles. The third kappa shape index (κ3) is 18.3. The first-order valence-electron chi connectivity index (χ1n) is 24.2. The Hall–Kier alpha value is -2.09. The van der Waals surface area contributed by atoms with Gasteiger partial charge in [0.15, 0.2) is 0 Å². The lowest BCUT2D eigenvalue weighted by atomic mass is 9.62. The molecule has 7 unspecified atom stereocenters. The van der Waals surface area contributed by atoms with Crippen LogP contribution < -0.4 is 16.0 Å². The smallest absolute Gasteiger partial charge is 0.237 e. The quantitative estimate of drug-likeness (QED) is 0.113. The largest absolute Gasteiger partial charge is 0.353 e. The van der Waals surface area contributed by atoms with Gasteiger partial charge in [0, 0.05) is 54.9 Å². The molecule has 0 spiro atoms. The average Bonchev–Trinajstić information content (AvgIpc) is 3.02. The minimum absolute atomic E-state index is 0.00108. The summed E-state index contributed by atoms with van der Waals surface area (Å²) in [6, 6.07) is -0.477. The first kappa shape index (κ1) is 52.3. The van der Waals surface area contributed by atoms with Crippen molar-refractivity contribution in [1.82, 2.24) is 16.0 Å². The zero-order chi connectivity index (χ0) is 45.5. The van der Waals surface area contributed by atoms with Gasteiger partial charge in [-0.05, 0) is 148 Å². The van der Waals surface area contributed by atoms with E-state index >= 15 is 0 Å². The minimum Gasteiger partial charge on any atom is -0.353 e. The van der Waals surface area contributed by atoms with Crippen LogP contribution in [0.1, 0.15) is 208 Å². The number of amides is 2. The monoisotopic (exact) mass is 837 g/mol. The molecule has 0 saturated heterocycles. The normalized spacial score (nSPS) is 31.7. The number of carbonyl (C=O) groups excluding carboxylic acids is 2. The van der Waals surface area contributed by atoms with Gasteiger partial charge >= 0.3 is 0 Å². The Morgan fingerprint density at radius 2 is 0.800 bits per heavy atom. The fourth-order valence-corrected chi connectivity index (χ4v) is 12.8. The summed E-state index contributed by atoms with van der Waals surface area (Å²) in [7, 11) is 0. The average molecular weight is 837 g/mol. The lowest BCUT2D eigenvalue weighted by molar-refractivity contribution is -0.130. The molecule has 3 fully saturated rings. The Morgan fingerprint density at radius 3 is 1.15 bits per heavy atom. The van der Waals surface area contributed by atoms with E-state index in [4.69, 9.17) is 15.0 Å². The Kier molecular flexibility index (Phi) is 18.3. The predicted molar refractivity (Wildman–Crippen MR) is 259 cm³/mol. The minimum atomic E-state index is -0.631. The topological polar surface area (TPSA) is 107 Å². The van der Waals surface area contributed by atoms with E-state index in [0.717, 1.165) is 96.7 Å². The van der Waals surface area contributed by atoms with Crippen LogP contribution in [0.3, 0.4) is 0 Å². The zero-order valence-electron chi connectivity index (χ0n) is 42.5. The maximum atomic E-state index is 14.8. The highest BCUT2D eigenvalue weighted by Crippen LogP contribution is 2.49. The van der Waals surface area contributed by atoms with Crippen LogP contribution in [0.25, 0.3) is 0 Å². The molecule has 346 valence electrons. The maximum absolute atomic E-state index is 14.8. The van der Waals surface area contributed by atoms with Crippen molar-refractivity contribution in [2.24, 2.45) is 65.2 Å². The third-order valence-corrected chi connectivity index (χ3v) is 13.5. The summed E-state index contributed by atoms with van der Waals surface area (Å²) >= 11 is 0. The molecule has 2 amide bonds. The summed E-state index contributed by atoms with van der Waals surface area (Å²) in [5.41, 5.74) is 3.84. The SMILES string of the molecule is CC(CC(C)C)=NCC1(C)CC(NC(=O)CC(NC2CC(C)(C)CC(C)(CN=C(C)CC(C)C)C2)C(=O)NC2CC(C)(C)CC(C)(CN=C(C)CC(C)C)C2)CC(C)(C)C1. The van der Waals surface area contributed by atoms with Gasteiger partial charge in [0.1, 0.15) is 0 Å². The standard InChI is InChI=1S/C52H96N6O2/c1-35(2)19-38(7)53-32-50(16)26-41(23-47(10,11)29-50)56-44(46(60)58-43-25-49(14,15)31-52(18,28-43)34-55-40(9)21-37(5)6)22-45(59)57-42-24-48(12,13)30-51(17,27-42)33-54-39(8)20-36(3)4/h35-37,41-44,56H,19-34H2,1-18H3,(H,57,59)(H,58,60). The molecule has 3 aliphatic carbocycles. The van der Waals surface area contributed by atoms with Gasteiger partial charge in [0.25, 0.3) is 0 Å². The van der Waals surface area contributed by atoms with Gasteiger partial charge in [-0.1, -0.05) is 104 Å². The third-order valence-electron chi connectivity index (χ3n) is 13.5. The van der Waals surface area contributed by atoms with Gasteiger partial charge in [-0.2, -0.15) is 0 Å². The van der Waals surface area contributed by atoms with Crippen molar-refractivity contribution in [3.05, 3.63) is 0 Å². The molecule has 0 aliphatic heterocycles. The second kappa shape index (κ2) is 21.1. The van der Waals surface area contributed by atoms with Crippen LogP contribution in [0.15, 0.2) is 15.0 Å². The van der Waals surface area contributed by atoms with Crippen molar-refractivity contribution in [2.75, 3.05) is 19.6 Å². The van der Waals surface area contributed by atoms with E-state index in [1.165, 1.54) is 17.1 Å². The van der Waals surface area contributed by atoms with Crippen LogP contribution in [-0.4, -0.2) is 72.8 Å². The number of hydrogen-bond donors (Lipinski definition) is 3. The highest BCUT2D eigenvalue weighted by molar-refractivity contribution is 5.88. The lowest BCUT2D eigenvalue weighted by Gasteiger charge is -2.48. The number of aliphatic imine (C=N–C) groups is 3. The summed E-state index contributed by atoms with van der Waals surface area (Å²) in [6.45, 7) is 43.5. The summed E-state index contributed by atoms with van der Waals surface area (Å²) < 4.78 is 0. The molecular weight excluding hydrogens is 741 g/mol. The fraction of sp³-hybridized carbons (Fsp3) is 0.904. The van der Waals surface area contributed by atoms with Crippen molar-refractivity contribution in [3.8, 4) is 0 Å². The van der Waals surface area contributed by atoms with Crippen molar-refractivity contribution in [1.29, 1.82) is 0 Å². The molecule has 0 radical (unpaired) electrons. The van der Waals surface area contributed by atoms with Gasteiger partial charge < -0.3 is 16.0 Å². The van der Waals surface area contributed by atoms with E-state index in [2.05, 4.69) is 141 Å². The summed E-state index contributed by atoms with van der Waals surface area (Å²) in [4.78, 5) is 44.4. The molecule has 3 aliphatic rings. The van der Waals surface area contributed by atoms with E-state index in [-0.39, 0.29) is 68.9 Å². The molecule has 60 heavy (non-hydrogen) atoms. The van der Waals surface area contributed by atoms with Gasteiger partial charge in [-0.15, -0.1) is 0 Å². The van der Waals surface area contributed by atoms with Gasteiger partial charge in [-0.25, -0.2) is 0 Å². The van der Waals surface area contributed by atoms with Crippen molar-refractivity contribution in [3.63, 3.8) is 0 Å². The zero-order valence-corrected chi connectivity index (χ0v) is 42.5. The Labute approximate surface area is 370 Å². The Morgan fingerprint density at radius 1 is 0.483 bits per heavy atom. The van der Waals surface area contributed by atoms with Crippen LogP contribution >= 0.6 is 0 Å². The van der Waals surface area contributed by atoms with Crippen LogP contribution in [0.2, 0.25) is 0 Å². The number of nitrogens with zero attached hydrogens (tertiary/aromatic N) is 3. The fourth-order valence-electron chi connectivity index (χ4n) is 12.8. The van der Waals surface area contributed by atoms with Gasteiger partial charge in [0.2, 0.25) is 11.8 Å². The number of hydrogen-bond acceptors (Lipinski definition) is 6. The molecule has 8 nitrogen and oxygen atoms in total. The first-order valence-corrected chi connectivity index (χ1v) is 24.2. The second-order valence-electron chi connectivity index (χ2n) is 25.7. The Bertz CT molecular complexity index is 1520. The van der Waals surface area contributed by atoms with Crippen molar-refractivity contribution < 1.29 is 9.59 Å². The molecule has 3 N–H and O–H groups in total. The molecule has 8 heteroatoms. The van der Waals surface area contributed by atoms with E-state index in [1.54, 1.807) is 0 Å². The van der Waals surface area contributed by atoms with Crippen LogP contribution in [0, 0.1) is 50.2 Å². The van der Waals surface area contributed by atoms with E-state index < -0.39 is 6.04 Å². The predicted octanol–water partition coefficient (Wildman–Crippen LogP) is 11.8. The van der Waals surface area contributed by atoms with Gasteiger partial charge in [-0.3, -0.25) is 24.6 Å². The number of nitrogens with one attached hydrogen (secondary N) is 3. The van der Waals surface area contributed by atoms with E-state index in [1.807, 2.05) is 0 Å². The summed E-state index contributed by atoms with van der Waals surface area (Å²) in [5.74, 6) is 1.67. The highest BCUT2D eigenvalue weighted by atomic mass is 16.2. The molecule has 0 aromatic carbocycles. The van der Waals surface area contributed by atoms with Crippen molar-refractivity contribution >= 4 is 28.9 Å². The maximum Gasteiger partial charge on any atom is 0.237 e. The highest BCUT2D eigenvalue weighted by Gasteiger charge is 2.46. The van der Waals surface area contributed by atoms with Crippen LogP contribution in [0.5, 0.6) is 0 Å². The van der Waals surface area contributed by atoms with Crippen LogP contribution in [-0.2, 0) is 9.59 Å². The molecule has 0 aromatic rings. The lowest BCUT2D eigenvalue weighted by Crippen LogP contribution is -2.57. The first-order chi connectivity index (χ1) is 27.4. The number of rotatable bonds is 19. The molecule has 0 aromatic heterocycles. The molecule has 0 bridgehead atoms. The van der Waals surface area contributed by atoms with Crippen LogP contribution in [0.4, 0.5) is 0 Å². The van der Waals surface area contributed by atoms with Crippen molar-refractivity contribution in [2.45, 2.75) is 232 Å². The molecular formula is C52H96N6O2. The summed E-state index contributed by atoms with van der Waals surface area (Å²) in [6.07, 6.45) is 11.9. The summed E-state index contributed by atoms with van der Waals surface area (Å²) in [5, 5.41) is 10.9. The van der Waals surface area contributed by atoms with Gasteiger partial charge in [0.05, 0.1) is 12.5 Å². The number of carbonyl (C=O) groups is 2. The second-order valence-corrected chi connectivity index (χ2v) is 25.7. The molecule has 7 atom stereocenters.